The molecule has 17 heavy (non-hydrogen) atoms. The van der Waals surface area contributed by atoms with Gasteiger partial charge in [-0.1, -0.05) is 6.07 Å². The van der Waals surface area contributed by atoms with Crippen molar-refractivity contribution in [2.45, 2.75) is 25.6 Å². The molecule has 0 aromatic heterocycles. The van der Waals surface area contributed by atoms with Crippen molar-refractivity contribution in [2.75, 3.05) is 25.5 Å². The lowest BCUT2D eigenvalue weighted by Crippen LogP contribution is -2.29. The summed E-state index contributed by atoms with van der Waals surface area (Å²) in [5, 5.41) is 6.77. The van der Waals surface area contributed by atoms with Crippen LogP contribution in [0.1, 0.15) is 18.4 Å². The molecule has 1 unspecified atom stereocenters. The van der Waals surface area contributed by atoms with E-state index in [0.717, 1.165) is 18.8 Å². The summed E-state index contributed by atoms with van der Waals surface area (Å²) in [6.07, 6.45) is 2.45. The van der Waals surface area contributed by atoms with E-state index in [1.807, 2.05) is 6.07 Å². The molecule has 94 valence electrons. The van der Waals surface area contributed by atoms with E-state index in [9.17, 15) is 4.39 Å². The van der Waals surface area contributed by atoms with Gasteiger partial charge in [-0.2, -0.15) is 0 Å². The highest BCUT2D eigenvalue weighted by Crippen LogP contribution is 2.26. The zero-order valence-corrected chi connectivity index (χ0v) is 10.1. The van der Waals surface area contributed by atoms with Crippen LogP contribution < -0.4 is 15.4 Å². The predicted octanol–water partition coefficient (Wildman–Crippen LogP) is 2.33. The first-order valence-corrected chi connectivity index (χ1v) is 6.03. The average molecular weight is 238 g/mol. The molecule has 3 nitrogen and oxygen atoms in total. The fourth-order valence-corrected chi connectivity index (χ4v) is 2.13. The van der Waals surface area contributed by atoms with Crippen LogP contribution in [-0.2, 0) is 6.67 Å². The number of methoxy groups -OCH3 is 1. The number of nitrogens with one attached hydrogen (secondary N) is 2. The van der Waals surface area contributed by atoms with Gasteiger partial charge in [0.25, 0.3) is 0 Å². The minimum Gasteiger partial charge on any atom is -0.495 e. The van der Waals surface area contributed by atoms with E-state index in [0.29, 0.717) is 17.4 Å². The number of anilines is 1. The lowest BCUT2D eigenvalue weighted by atomic mass is 10.2. The third-order valence-electron chi connectivity index (χ3n) is 3.12. The molecule has 0 radical (unpaired) electrons. The Morgan fingerprint density at radius 3 is 3.06 bits per heavy atom. The van der Waals surface area contributed by atoms with Gasteiger partial charge in [-0.25, -0.2) is 4.39 Å². The summed E-state index contributed by atoms with van der Waals surface area (Å²) in [6, 6.07) is 5.93. The fourth-order valence-electron chi connectivity index (χ4n) is 2.13. The number of benzene rings is 1. The van der Waals surface area contributed by atoms with Crippen molar-refractivity contribution < 1.29 is 9.13 Å². The van der Waals surface area contributed by atoms with Crippen molar-refractivity contribution in [3.63, 3.8) is 0 Å². The molecular weight excluding hydrogens is 219 g/mol. The van der Waals surface area contributed by atoms with Crippen LogP contribution in [0.5, 0.6) is 5.75 Å². The second kappa shape index (κ2) is 5.87. The standard InChI is InChI=1S/C13H19FN2O/c1-17-13-7-10(8-14)4-5-12(13)16-9-11-3-2-6-15-11/h4-5,7,11,15-16H,2-3,6,8-9H2,1H3. The molecular formula is C13H19FN2O. The maximum Gasteiger partial charge on any atom is 0.142 e. The van der Waals surface area contributed by atoms with E-state index in [-0.39, 0.29) is 0 Å². The molecule has 1 atom stereocenters. The highest BCUT2D eigenvalue weighted by Gasteiger charge is 2.14. The largest absolute Gasteiger partial charge is 0.495 e. The molecule has 0 aliphatic carbocycles. The van der Waals surface area contributed by atoms with Gasteiger partial charge in [-0.3, -0.25) is 0 Å². The Hall–Kier alpha value is -1.29. The molecule has 1 aliphatic heterocycles. The zero-order valence-electron chi connectivity index (χ0n) is 10.1. The zero-order chi connectivity index (χ0) is 12.1. The van der Waals surface area contributed by atoms with Crippen molar-refractivity contribution in [3.05, 3.63) is 23.8 Å². The summed E-state index contributed by atoms with van der Waals surface area (Å²) in [6.45, 7) is 1.52. The Morgan fingerprint density at radius 2 is 2.41 bits per heavy atom. The first-order chi connectivity index (χ1) is 8.33. The first kappa shape index (κ1) is 12.2. The van der Waals surface area contributed by atoms with Gasteiger partial charge < -0.3 is 15.4 Å². The van der Waals surface area contributed by atoms with Crippen molar-refractivity contribution in [3.8, 4) is 5.75 Å². The third kappa shape index (κ3) is 3.09. The molecule has 0 saturated carbocycles. The monoisotopic (exact) mass is 238 g/mol. The van der Waals surface area contributed by atoms with E-state index in [2.05, 4.69) is 10.6 Å². The smallest absolute Gasteiger partial charge is 0.142 e. The molecule has 0 spiro atoms. The van der Waals surface area contributed by atoms with Gasteiger partial charge in [0.05, 0.1) is 12.8 Å². The Bertz CT molecular complexity index is 364. The molecule has 1 aromatic rings. The van der Waals surface area contributed by atoms with Crippen LogP contribution in [-0.4, -0.2) is 26.2 Å². The molecule has 1 fully saturated rings. The summed E-state index contributed by atoms with van der Waals surface area (Å²) in [4.78, 5) is 0. The molecule has 1 aliphatic rings. The van der Waals surface area contributed by atoms with Crippen LogP contribution >= 0.6 is 0 Å². The Morgan fingerprint density at radius 1 is 1.53 bits per heavy atom. The summed E-state index contributed by atoms with van der Waals surface area (Å²) >= 11 is 0. The molecule has 1 aromatic carbocycles. The molecule has 2 rings (SSSR count). The van der Waals surface area contributed by atoms with E-state index in [1.165, 1.54) is 12.8 Å². The van der Waals surface area contributed by atoms with Gasteiger partial charge in [0.1, 0.15) is 12.4 Å². The Balaban J connectivity index is 1.98. The lowest BCUT2D eigenvalue weighted by Gasteiger charge is -2.15. The number of rotatable bonds is 5. The van der Waals surface area contributed by atoms with Crippen molar-refractivity contribution in [1.29, 1.82) is 0 Å². The maximum absolute atomic E-state index is 12.5. The van der Waals surface area contributed by atoms with Crippen molar-refractivity contribution in [2.24, 2.45) is 0 Å². The fraction of sp³-hybridized carbons (Fsp3) is 0.538. The van der Waals surface area contributed by atoms with E-state index in [4.69, 9.17) is 4.74 Å². The van der Waals surface area contributed by atoms with Crippen LogP contribution in [0.15, 0.2) is 18.2 Å². The van der Waals surface area contributed by atoms with Crippen LogP contribution in [0.4, 0.5) is 10.1 Å². The predicted molar refractivity (Wildman–Crippen MR) is 67.3 cm³/mol. The van der Waals surface area contributed by atoms with Gasteiger partial charge in [-0.15, -0.1) is 0 Å². The highest BCUT2D eigenvalue weighted by molar-refractivity contribution is 5.57. The van der Waals surface area contributed by atoms with Gasteiger partial charge >= 0.3 is 0 Å². The van der Waals surface area contributed by atoms with Gasteiger partial charge in [0, 0.05) is 12.6 Å². The number of halogens is 1. The molecule has 4 heteroatoms. The van der Waals surface area contributed by atoms with Crippen LogP contribution in [0, 0.1) is 0 Å². The lowest BCUT2D eigenvalue weighted by molar-refractivity contribution is 0.413. The van der Waals surface area contributed by atoms with E-state index < -0.39 is 6.67 Å². The number of ether oxygens (including phenoxy) is 1. The normalized spacial score (nSPS) is 19.3. The van der Waals surface area contributed by atoms with Crippen LogP contribution in [0.25, 0.3) is 0 Å². The average Bonchev–Trinajstić information content (AvgIpc) is 2.89. The first-order valence-electron chi connectivity index (χ1n) is 6.03. The Kier molecular flexibility index (Phi) is 4.20. The van der Waals surface area contributed by atoms with Gasteiger partial charge in [0.2, 0.25) is 0 Å². The van der Waals surface area contributed by atoms with E-state index >= 15 is 0 Å². The highest BCUT2D eigenvalue weighted by atomic mass is 19.1. The number of alkyl halides is 1. The minimum absolute atomic E-state index is 0.458. The summed E-state index contributed by atoms with van der Waals surface area (Å²) in [5.41, 5.74) is 1.57. The summed E-state index contributed by atoms with van der Waals surface area (Å²) in [7, 11) is 1.61. The third-order valence-corrected chi connectivity index (χ3v) is 3.12. The molecule has 0 amide bonds. The topological polar surface area (TPSA) is 33.3 Å². The quantitative estimate of drug-likeness (QED) is 0.826. The minimum atomic E-state index is -0.458. The molecule has 2 N–H and O–H groups in total. The van der Waals surface area contributed by atoms with Gasteiger partial charge in [-0.05, 0) is 37.1 Å². The Labute approximate surface area is 101 Å². The van der Waals surface area contributed by atoms with Crippen LogP contribution in [0.3, 0.4) is 0 Å². The maximum atomic E-state index is 12.5. The van der Waals surface area contributed by atoms with Crippen molar-refractivity contribution >= 4 is 5.69 Å². The van der Waals surface area contributed by atoms with Crippen molar-refractivity contribution in [1.82, 2.24) is 5.32 Å². The summed E-state index contributed by atoms with van der Waals surface area (Å²) < 4.78 is 17.8. The van der Waals surface area contributed by atoms with Crippen LogP contribution in [0.2, 0.25) is 0 Å². The van der Waals surface area contributed by atoms with E-state index in [1.54, 1.807) is 19.2 Å². The SMILES string of the molecule is COc1cc(CF)ccc1NCC1CCCN1. The summed E-state index contributed by atoms with van der Waals surface area (Å²) in [5.74, 6) is 0.707. The second-order valence-corrected chi connectivity index (χ2v) is 4.34. The number of hydrogen-bond acceptors (Lipinski definition) is 3. The second-order valence-electron chi connectivity index (χ2n) is 4.34. The molecule has 1 heterocycles. The molecule has 0 bridgehead atoms. The molecule has 1 saturated heterocycles. The number of hydrogen-bond donors (Lipinski definition) is 2. The van der Waals surface area contributed by atoms with Gasteiger partial charge in [0.15, 0.2) is 0 Å².